The molecule has 0 saturated carbocycles. The Balaban J connectivity index is 3.36. The maximum Gasteiger partial charge on any atom is 0.255 e. The summed E-state index contributed by atoms with van der Waals surface area (Å²) in [6.07, 6.45) is 0. The van der Waals surface area contributed by atoms with Crippen LogP contribution >= 0.6 is 15.9 Å². The van der Waals surface area contributed by atoms with Crippen LogP contribution in [0.25, 0.3) is 0 Å². The van der Waals surface area contributed by atoms with Gasteiger partial charge in [0.25, 0.3) is 5.91 Å². The van der Waals surface area contributed by atoms with E-state index in [1.807, 2.05) is 13.8 Å². The molecule has 8 heteroatoms. The number of sulfonamides is 1. The van der Waals surface area contributed by atoms with Gasteiger partial charge in [-0.05, 0) is 40.9 Å². The molecule has 0 saturated heterocycles. The normalized spacial score (nSPS) is 11.8. The molecule has 0 aromatic heterocycles. The third kappa shape index (κ3) is 4.49. The van der Waals surface area contributed by atoms with Crippen LogP contribution < -0.4 is 5.14 Å². The van der Waals surface area contributed by atoms with Crippen molar-refractivity contribution in [2.75, 3.05) is 13.1 Å². The number of hydrogen-bond acceptors (Lipinski definition) is 3. The van der Waals surface area contributed by atoms with Crippen LogP contribution in [0.2, 0.25) is 0 Å². The molecule has 0 heterocycles. The quantitative estimate of drug-likeness (QED) is 0.850. The summed E-state index contributed by atoms with van der Waals surface area (Å²) in [5.41, 5.74) is -0.0541. The minimum Gasteiger partial charge on any atom is -0.339 e. The fourth-order valence-electron chi connectivity index (χ4n) is 1.89. The van der Waals surface area contributed by atoms with E-state index in [4.69, 9.17) is 5.14 Å². The minimum atomic E-state index is -4.13. The zero-order valence-electron chi connectivity index (χ0n) is 12.1. The molecule has 0 radical (unpaired) electrons. The molecule has 0 aliphatic carbocycles. The number of hydrogen-bond donors (Lipinski definition) is 1. The van der Waals surface area contributed by atoms with Gasteiger partial charge in [-0.1, -0.05) is 13.8 Å². The zero-order valence-corrected chi connectivity index (χ0v) is 14.5. The Bertz CT molecular complexity index is 647. The first kappa shape index (κ1) is 18.1. The van der Waals surface area contributed by atoms with E-state index in [2.05, 4.69) is 15.9 Å². The van der Waals surface area contributed by atoms with Crippen molar-refractivity contribution in [2.24, 2.45) is 11.1 Å². The van der Waals surface area contributed by atoms with Crippen LogP contribution in [0.3, 0.4) is 0 Å². The van der Waals surface area contributed by atoms with Gasteiger partial charge in [-0.25, -0.2) is 17.9 Å². The van der Waals surface area contributed by atoms with E-state index >= 15 is 0 Å². The van der Waals surface area contributed by atoms with Crippen LogP contribution in [-0.2, 0) is 10.0 Å². The molecule has 2 N–H and O–H groups in total. The summed E-state index contributed by atoms with van der Waals surface area (Å²) < 4.78 is 36.5. The fraction of sp³-hybridized carbons (Fsp3) is 0.462. The van der Waals surface area contributed by atoms with Gasteiger partial charge in [0.1, 0.15) is 5.82 Å². The lowest BCUT2D eigenvalue weighted by Gasteiger charge is -2.24. The highest BCUT2D eigenvalue weighted by molar-refractivity contribution is 9.10. The molecule has 1 rings (SSSR count). The molecule has 0 unspecified atom stereocenters. The number of nitrogens with zero attached hydrogens (tertiary/aromatic N) is 1. The molecule has 1 aromatic carbocycles. The predicted molar refractivity (Wildman–Crippen MR) is 81.9 cm³/mol. The van der Waals surface area contributed by atoms with Gasteiger partial charge in [-0.2, -0.15) is 0 Å². The number of rotatable bonds is 5. The van der Waals surface area contributed by atoms with E-state index in [1.165, 1.54) is 4.90 Å². The highest BCUT2D eigenvalue weighted by Gasteiger charge is 2.24. The van der Waals surface area contributed by atoms with Gasteiger partial charge in [0.2, 0.25) is 10.0 Å². The van der Waals surface area contributed by atoms with Gasteiger partial charge in [0.05, 0.1) is 14.9 Å². The third-order valence-corrected chi connectivity index (χ3v) is 4.85. The second-order valence-corrected chi connectivity index (χ2v) is 7.37. The number of carbonyl (C=O) groups is 1. The van der Waals surface area contributed by atoms with Crippen molar-refractivity contribution >= 4 is 31.9 Å². The van der Waals surface area contributed by atoms with Crippen LogP contribution in [0.4, 0.5) is 4.39 Å². The summed E-state index contributed by atoms with van der Waals surface area (Å²) in [6.45, 7) is 6.63. The number of benzene rings is 1. The fourth-order valence-corrected chi connectivity index (χ4v) is 3.61. The van der Waals surface area contributed by atoms with Crippen LogP contribution in [0.15, 0.2) is 21.5 Å². The standard InChI is InChI=1S/C13H18BrFN2O3S/c1-4-17(7-8(2)3)13(18)10-5-9(15)6-11(12(10)14)21(16,19)20/h5-6,8H,4,7H2,1-3H3,(H2,16,19,20). The maximum atomic E-state index is 13.6. The van der Waals surface area contributed by atoms with Crippen molar-refractivity contribution in [3.8, 4) is 0 Å². The number of nitrogens with two attached hydrogens (primary N) is 1. The molecule has 0 fully saturated rings. The van der Waals surface area contributed by atoms with Gasteiger partial charge in [-0.15, -0.1) is 0 Å². The van der Waals surface area contributed by atoms with Gasteiger partial charge in [0.15, 0.2) is 0 Å². The lowest BCUT2D eigenvalue weighted by molar-refractivity contribution is 0.0744. The molecule has 0 spiro atoms. The zero-order chi connectivity index (χ0) is 16.4. The van der Waals surface area contributed by atoms with Crippen molar-refractivity contribution in [2.45, 2.75) is 25.7 Å². The van der Waals surface area contributed by atoms with E-state index in [9.17, 15) is 17.6 Å². The third-order valence-electron chi connectivity index (χ3n) is 2.80. The Morgan fingerprint density at radius 2 is 2.00 bits per heavy atom. The lowest BCUT2D eigenvalue weighted by Crippen LogP contribution is -2.34. The van der Waals surface area contributed by atoms with E-state index in [0.717, 1.165) is 12.1 Å². The average Bonchev–Trinajstić information content (AvgIpc) is 2.36. The molecule has 0 aliphatic rings. The second kappa shape index (κ2) is 6.85. The van der Waals surface area contributed by atoms with Crippen molar-refractivity contribution in [1.82, 2.24) is 4.90 Å². The minimum absolute atomic E-state index is 0.0152. The highest BCUT2D eigenvalue weighted by Crippen LogP contribution is 2.27. The summed E-state index contributed by atoms with van der Waals surface area (Å²) >= 11 is 3.04. The lowest BCUT2D eigenvalue weighted by atomic mass is 10.1. The second-order valence-electron chi connectivity index (χ2n) is 5.05. The number of carbonyl (C=O) groups excluding carboxylic acids is 1. The molecule has 5 nitrogen and oxygen atoms in total. The molecule has 1 aromatic rings. The van der Waals surface area contributed by atoms with E-state index in [0.29, 0.717) is 13.1 Å². The van der Waals surface area contributed by atoms with Gasteiger partial charge in [0, 0.05) is 13.1 Å². The predicted octanol–water partition coefficient (Wildman–Crippen LogP) is 2.35. The van der Waals surface area contributed by atoms with Crippen molar-refractivity contribution < 1.29 is 17.6 Å². The molecule has 0 bridgehead atoms. The molecular weight excluding hydrogens is 363 g/mol. The summed E-state index contributed by atoms with van der Waals surface area (Å²) in [5, 5.41) is 5.04. The summed E-state index contributed by atoms with van der Waals surface area (Å²) in [6, 6.07) is 1.79. The summed E-state index contributed by atoms with van der Waals surface area (Å²) in [7, 11) is -4.13. The number of amides is 1. The summed E-state index contributed by atoms with van der Waals surface area (Å²) in [5.74, 6) is -1.03. The monoisotopic (exact) mass is 380 g/mol. The molecule has 0 atom stereocenters. The van der Waals surface area contributed by atoms with Crippen LogP contribution in [0, 0.1) is 11.7 Å². The van der Waals surface area contributed by atoms with Gasteiger partial charge < -0.3 is 4.90 Å². The molecule has 1 amide bonds. The SMILES string of the molecule is CCN(CC(C)C)C(=O)c1cc(F)cc(S(N)(=O)=O)c1Br. The van der Waals surface area contributed by atoms with E-state index < -0.39 is 26.6 Å². The maximum absolute atomic E-state index is 13.6. The molecule has 21 heavy (non-hydrogen) atoms. The van der Waals surface area contributed by atoms with E-state index in [1.54, 1.807) is 6.92 Å². The Morgan fingerprint density at radius 1 is 1.43 bits per heavy atom. The molecule has 0 aliphatic heterocycles. The summed E-state index contributed by atoms with van der Waals surface area (Å²) in [4.78, 5) is 13.5. The van der Waals surface area contributed by atoms with Gasteiger partial charge >= 0.3 is 0 Å². The largest absolute Gasteiger partial charge is 0.339 e. The Hall–Kier alpha value is -0.990. The highest BCUT2D eigenvalue weighted by atomic mass is 79.9. The average molecular weight is 381 g/mol. The van der Waals surface area contributed by atoms with Gasteiger partial charge in [-0.3, -0.25) is 4.79 Å². The Morgan fingerprint density at radius 3 is 2.43 bits per heavy atom. The van der Waals surface area contributed by atoms with Crippen LogP contribution in [0.5, 0.6) is 0 Å². The first-order chi connectivity index (χ1) is 9.57. The van der Waals surface area contributed by atoms with Crippen LogP contribution in [0.1, 0.15) is 31.1 Å². The Labute approximate surface area is 132 Å². The van der Waals surface area contributed by atoms with E-state index in [-0.39, 0.29) is 16.0 Å². The smallest absolute Gasteiger partial charge is 0.255 e. The van der Waals surface area contributed by atoms with Crippen molar-refractivity contribution in [3.63, 3.8) is 0 Å². The number of primary sulfonamides is 1. The first-order valence-electron chi connectivity index (χ1n) is 6.39. The van der Waals surface area contributed by atoms with Crippen molar-refractivity contribution in [3.05, 3.63) is 28.0 Å². The van der Waals surface area contributed by atoms with Crippen LogP contribution in [-0.4, -0.2) is 32.3 Å². The molecule has 118 valence electrons. The Kier molecular flexibility index (Phi) is 5.89. The first-order valence-corrected chi connectivity index (χ1v) is 8.73. The van der Waals surface area contributed by atoms with Crippen molar-refractivity contribution in [1.29, 1.82) is 0 Å². The topological polar surface area (TPSA) is 80.5 Å². The number of halogens is 2. The molecular formula is C13H18BrFN2O3S.